The molecule has 5 rings (SSSR count). The van der Waals surface area contributed by atoms with Crippen LogP contribution in [0, 0.1) is 17.7 Å². The van der Waals surface area contributed by atoms with Gasteiger partial charge in [-0.15, -0.1) is 11.3 Å². The molecule has 0 unspecified atom stereocenters. The standard InChI is InChI=1S/C30H29ClFNOS/c1-20-11-13-21(14-12-20)18-33(30(34)29-28(31)25-9-5-6-10-27(25)35-29)19-24-17-23(15-16-26(24)32)22-7-3-2-4-8-22/h2-10,15-17,20-21H,11-14,18-19H2,1H3. The third-order valence-corrected chi connectivity index (χ3v) is 8.81. The van der Waals surface area contributed by atoms with Gasteiger partial charge in [-0.1, -0.05) is 86.0 Å². The largest absolute Gasteiger partial charge is 0.333 e. The highest BCUT2D eigenvalue weighted by atomic mass is 35.5. The van der Waals surface area contributed by atoms with Crippen LogP contribution in [0.4, 0.5) is 4.39 Å². The maximum absolute atomic E-state index is 15.0. The Balaban J connectivity index is 1.48. The van der Waals surface area contributed by atoms with E-state index in [-0.39, 0.29) is 18.3 Å². The first kappa shape index (κ1) is 24.0. The third kappa shape index (κ3) is 5.29. The molecular weight excluding hydrogens is 477 g/mol. The Hall–Kier alpha value is -2.69. The fourth-order valence-electron chi connectivity index (χ4n) is 5.05. The normalized spacial score (nSPS) is 18.0. The summed E-state index contributed by atoms with van der Waals surface area (Å²) < 4.78 is 16.0. The lowest BCUT2D eigenvalue weighted by Gasteiger charge is -2.32. The molecule has 1 heterocycles. The van der Waals surface area contributed by atoms with Crippen LogP contribution < -0.4 is 0 Å². The molecule has 180 valence electrons. The van der Waals surface area contributed by atoms with Crippen molar-refractivity contribution < 1.29 is 9.18 Å². The van der Waals surface area contributed by atoms with Crippen molar-refractivity contribution in [2.75, 3.05) is 6.54 Å². The number of amides is 1. The van der Waals surface area contributed by atoms with Crippen LogP contribution >= 0.6 is 22.9 Å². The Bertz CT molecular complexity index is 1330. The predicted octanol–water partition coefficient (Wildman–Crippen LogP) is 8.83. The van der Waals surface area contributed by atoms with Crippen molar-refractivity contribution in [2.45, 2.75) is 39.2 Å². The van der Waals surface area contributed by atoms with E-state index in [1.807, 2.05) is 65.6 Å². The summed E-state index contributed by atoms with van der Waals surface area (Å²) >= 11 is 8.11. The molecule has 0 bridgehead atoms. The Morgan fingerprint density at radius 2 is 1.69 bits per heavy atom. The lowest BCUT2D eigenvalue weighted by Crippen LogP contribution is -2.36. The van der Waals surface area contributed by atoms with E-state index in [1.165, 1.54) is 30.2 Å². The second kappa shape index (κ2) is 10.5. The number of fused-ring (bicyclic) bond motifs is 1. The second-order valence-electron chi connectivity index (χ2n) is 9.73. The molecule has 3 aromatic carbocycles. The van der Waals surface area contributed by atoms with E-state index in [4.69, 9.17) is 11.6 Å². The summed E-state index contributed by atoms with van der Waals surface area (Å²) in [4.78, 5) is 16.2. The van der Waals surface area contributed by atoms with Crippen molar-refractivity contribution in [3.05, 3.63) is 94.1 Å². The maximum Gasteiger partial charge on any atom is 0.265 e. The van der Waals surface area contributed by atoms with Gasteiger partial charge in [0.05, 0.1) is 5.02 Å². The summed E-state index contributed by atoms with van der Waals surface area (Å²) in [7, 11) is 0. The van der Waals surface area contributed by atoms with Gasteiger partial charge in [-0.05, 0) is 54.0 Å². The Kier molecular flexibility index (Phi) is 7.22. The first-order chi connectivity index (χ1) is 17.0. The minimum Gasteiger partial charge on any atom is -0.333 e. The summed E-state index contributed by atoms with van der Waals surface area (Å²) in [5.41, 5.74) is 2.50. The van der Waals surface area contributed by atoms with Gasteiger partial charge >= 0.3 is 0 Å². The van der Waals surface area contributed by atoms with E-state index in [9.17, 15) is 4.79 Å². The Labute approximate surface area is 215 Å². The summed E-state index contributed by atoms with van der Waals surface area (Å²) in [5, 5.41) is 1.39. The highest BCUT2D eigenvalue weighted by Crippen LogP contribution is 2.37. The van der Waals surface area contributed by atoms with Crippen LogP contribution in [0.15, 0.2) is 72.8 Å². The van der Waals surface area contributed by atoms with Crippen molar-refractivity contribution in [1.82, 2.24) is 4.90 Å². The molecule has 35 heavy (non-hydrogen) atoms. The third-order valence-electron chi connectivity index (χ3n) is 7.14. The monoisotopic (exact) mass is 505 g/mol. The van der Waals surface area contributed by atoms with Crippen LogP contribution in [0.1, 0.15) is 47.8 Å². The van der Waals surface area contributed by atoms with Gasteiger partial charge in [0.1, 0.15) is 10.7 Å². The van der Waals surface area contributed by atoms with Crippen LogP contribution in [0.25, 0.3) is 21.2 Å². The Morgan fingerprint density at radius 1 is 0.971 bits per heavy atom. The van der Waals surface area contributed by atoms with Gasteiger partial charge < -0.3 is 4.90 Å². The van der Waals surface area contributed by atoms with Gasteiger partial charge in [-0.25, -0.2) is 4.39 Å². The average molecular weight is 506 g/mol. The number of halogens is 2. The number of carbonyl (C=O) groups excluding carboxylic acids is 1. The molecule has 0 spiro atoms. The first-order valence-electron chi connectivity index (χ1n) is 12.3. The van der Waals surface area contributed by atoms with Crippen molar-refractivity contribution in [1.29, 1.82) is 0 Å². The van der Waals surface area contributed by atoms with Gasteiger partial charge in [-0.2, -0.15) is 0 Å². The minimum absolute atomic E-state index is 0.112. The van der Waals surface area contributed by atoms with Crippen molar-refractivity contribution in [3.63, 3.8) is 0 Å². The molecule has 0 aliphatic heterocycles. The molecule has 1 aromatic heterocycles. The molecule has 1 fully saturated rings. The maximum atomic E-state index is 15.0. The van der Waals surface area contributed by atoms with Crippen LogP contribution in [0.2, 0.25) is 5.02 Å². The molecular formula is C30H29ClFNOS. The van der Waals surface area contributed by atoms with Crippen molar-refractivity contribution in [2.24, 2.45) is 11.8 Å². The van der Waals surface area contributed by atoms with Gasteiger partial charge in [-0.3, -0.25) is 4.79 Å². The zero-order chi connectivity index (χ0) is 24.4. The summed E-state index contributed by atoms with van der Waals surface area (Å²) in [6.45, 7) is 3.13. The lowest BCUT2D eigenvalue weighted by molar-refractivity contribution is 0.0695. The Morgan fingerprint density at radius 3 is 2.43 bits per heavy atom. The van der Waals surface area contributed by atoms with E-state index in [0.717, 1.165) is 40.0 Å². The zero-order valence-corrected chi connectivity index (χ0v) is 21.4. The van der Waals surface area contributed by atoms with Gasteiger partial charge in [0.25, 0.3) is 5.91 Å². The molecule has 1 amide bonds. The van der Waals surface area contributed by atoms with Crippen LogP contribution in [0.3, 0.4) is 0 Å². The number of hydrogen-bond acceptors (Lipinski definition) is 2. The molecule has 0 N–H and O–H groups in total. The van der Waals surface area contributed by atoms with Crippen molar-refractivity contribution in [3.8, 4) is 11.1 Å². The highest BCUT2D eigenvalue weighted by molar-refractivity contribution is 7.21. The molecule has 5 heteroatoms. The van der Waals surface area contributed by atoms with Crippen molar-refractivity contribution >= 4 is 38.9 Å². The van der Waals surface area contributed by atoms with Gasteiger partial charge in [0, 0.05) is 28.7 Å². The minimum atomic E-state index is -0.290. The number of thiophene rings is 1. The number of hydrogen-bond donors (Lipinski definition) is 0. The molecule has 1 aliphatic carbocycles. The van der Waals surface area contributed by atoms with Gasteiger partial charge in [0.2, 0.25) is 0 Å². The lowest BCUT2D eigenvalue weighted by atomic mass is 9.82. The van der Waals surface area contributed by atoms with E-state index < -0.39 is 0 Å². The summed E-state index contributed by atoms with van der Waals surface area (Å²) in [6, 6.07) is 22.9. The SMILES string of the molecule is CC1CCC(CN(Cc2cc(-c3ccccc3)ccc2F)C(=O)c2sc3ccccc3c2Cl)CC1. The molecule has 0 atom stereocenters. The van der Waals surface area contributed by atoms with E-state index in [2.05, 4.69) is 6.92 Å². The molecule has 1 saturated carbocycles. The molecule has 0 radical (unpaired) electrons. The molecule has 1 aliphatic rings. The van der Waals surface area contributed by atoms with E-state index in [1.54, 1.807) is 6.07 Å². The molecule has 2 nitrogen and oxygen atoms in total. The number of rotatable bonds is 6. The number of nitrogens with zero attached hydrogens (tertiary/aromatic N) is 1. The van der Waals surface area contributed by atoms with Crippen LogP contribution in [-0.4, -0.2) is 17.4 Å². The zero-order valence-electron chi connectivity index (χ0n) is 19.8. The van der Waals surface area contributed by atoms with E-state index >= 15 is 4.39 Å². The average Bonchev–Trinajstić information content (AvgIpc) is 3.22. The smallest absolute Gasteiger partial charge is 0.265 e. The number of benzene rings is 3. The van der Waals surface area contributed by atoms with Gasteiger partial charge in [0.15, 0.2) is 0 Å². The summed E-state index contributed by atoms with van der Waals surface area (Å²) in [5.74, 6) is 0.748. The fraction of sp³-hybridized carbons (Fsp3) is 0.300. The van der Waals surface area contributed by atoms with Crippen LogP contribution in [0.5, 0.6) is 0 Å². The van der Waals surface area contributed by atoms with E-state index in [0.29, 0.717) is 27.9 Å². The predicted molar refractivity (Wildman–Crippen MR) is 145 cm³/mol. The fourth-order valence-corrected chi connectivity index (χ4v) is 6.53. The quantitative estimate of drug-likeness (QED) is 0.256. The molecule has 4 aromatic rings. The first-order valence-corrected chi connectivity index (χ1v) is 13.5. The number of carbonyl (C=O) groups is 1. The highest BCUT2D eigenvalue weighted by Gasteiger charge is 2.28. The van der Waals surface area contributed by atoms with Crippen LogP contribution in [-0.2, 0) is 6.54 Å². The second-order valence-corrected chi connectivity index (χ2v) is 11.2. The summed E-state index contributed by atoms with van der Waals surface area (Å²) in [6.07, 6.45) is 4.54. The molecule has 0 saturated heterocycles. The topological polar surface area (TPSA) is 20.3 Å².